The van der Waals surface area contributed by atoms with Crippen LogP contribution in [-0.4, -0.2) is 116 Å². The summed E-state index contributed by atoms with van der Waals surface area (Å²) < 4.78 is 56.1. The number of rotatable bonds is 12. The van der Waals surface area contributed by atoms with Crippen LogP contribution in [0.3, 0.4) is 0 Å². The van der Waals surface area contributed by atoms with Crippen molar-refractivity contribution in [3.05, 3.63) is 42.1 Å². The van der Waals surface area contributed by atoms with Gasteiger partial charge in [-0.1, -0.05) is 0 Å². The number of carbonyl (C=O) groups excluding carboxylic acids is 1. The molecule has 1 aromatic carbocycles. The predicted octanol–water partition coefficient (Wildman–Crippen LogP) is 4.29. The first-order valence-corrected chi connectivity index (χ1v) is 19.3. The number of benzene rings is 1. The van der Waals surface area contributed by atoms with Gasteiger partial charge in [-0.2, -0.15) is 17.4 Å². The number of methoxy groups -OCH3 is 1. The summed E-state index contributed by atoms with van der Waals surface area (Å²) in [5.41, 5.74) is 0.400. The highest BCUT2D eigenvalue weighted by Crippen LogP contribution is 2.45. The van der Waals surface area contributed by atoms with E-state index in [2.05, 4.69) is 24.5 Å². The van der Waals surface area contributed by atoms with Crippen molar-refractivity contribution < 1.29 is 27.1 Å². The van der Waals surface area contributed by atoms with Gasteiger partial charge in [0.25, 0.3) is 16.1 Å². The molecule has 1 aromatic heterocycles. The van der Waals surface area contributed by atoms with E-state index in [1.165, 1.54) is 28.8 Å². The van der Waals surface area contributed by atoms with Crippen LogP contribution in [0.25, 0.3) is 0 Å². The largest absolute Gasteiger partial charge is 0.451 e. The van der Waals surface area contributed by atoms with Gasteiger partial charge in [0.05, 0.1) is 17.9 Å². The number of hydrogen-bond donors (Lipinski definition) is 1. The Balaban J connectivity index is 0.984. The first kappa shape index (κ1) is 35.9. The van der Waals surface area contributed by atoms with E-state index in [0.29, 0.717) is 37.1 Å². The lowest BCUT2D eigenvalue weighted by Crippen LogP contribution is -2.61. The summed E-state index contributed by atoms with van der Waals surface area (Å²) in [7, 11) is -1.83. The van der Waals surface area contributed by atoms with Crippen molar-refractivity contribution in [2.24, 2.45) is 11.3 Å². The van der Waals surface area contributed by atoms with Crippen LogP contribution in [-0.2, 0) is 14.9 Å². The fourth-order valence-electron chi connectivity index (χ4n) is 8.06. The third-order valence-corrected chi connectivity index (χ3v) is 12.6. The summed E-state index contributed by atoms with van der Waals surface area (Å²) in [6.45, 7) is 12.1. The Morgan fingerprint density at radius 2 is 1.84 bits per heavy atom. The van der Waals surface area contributed by atoms with Gasteiger partial charge < -0.3 is 24.2 Å². The Hall–Kier alpha value is -2.91. The zero-order chi connectivity index (χ0) is 34.8. The Kier molecular flexibility index (Phi) is 11.1. The maximum Gasteiger partial charge on any atom is 0.279 e. The SMILES string of the molecule is CCN(C(=O)c1cc(F)ccc1Oc1cncnc1N1CC2(CCN(C[C@H]3CC[C@H](NS(=O)(=O)N4CCC(OC)C4)CC3)CC2)C1)C(C)C. The predicted molar refractivity (Wildman–Crippen MR) is 185 cm³/mol. The summed E-state index contributed by atoms with van der Waals surface area (Å²) in [6.07, 6.45) is 9.89. The minimum absolute atomic E-state index is 0.00491. The fraction of sp³-hybridized carbons (Fsp3) is 0.686. The molecule has 3 aliphatic heterocycles. The van der Waals surface area contributed by atoms with Crippen LogP contribution >= 0.6 is 0 Å². The molecule has 6 rings (SSSR count). The summed E-state index contributed by atoms with van der Waals surface area (Å²) in [5.74, 6) is 1.22. The van der Waals surface area contributed by atoms with Gasteiger partial charge in [-0.25, -0.2) is 14.4 Å². The van der Waals surface area contributed by atoms with Gasteiger partial charge >= 0.3 is 0 Å². The maximum atomic E-state index is 14.3. The first-order valence-electron chi connectivity index (χ1n) is 17.8. The van der Waals surface area contributed by atoms with Crippen LogP contribution in [0.4, 0.5) is 10.2 Å². The molecular formula is C35H52FN7O5S. The Morgan fingerprint density at radius 3 is 2.49 bits per heavy atom. The monoisotopic (exact) mass is 701 g/mol. The van der Waals surface area contributed by atoms with Crippen molar-refractivity contribution >= 4 is 21.9 Å². The zero-order valence-electron chi connectivity index (χ0n) is 29.3. The molecule has 1 amide bonds. The van der Waals surface area contributed by atoms with Crippen LogP contribution < -0.4 is 14.4 Å². The molecule has 4 heterocycles. The lowest BCUT2D eigenvalue weighted by atomic mass is 9.71. The van der Waals surface area contributed by atoms with E-state index in [4.69, 9.17) is 9.47 Å². The second-order valence-electron chi connectivity index (χ2n) is 14.6. The van der Waals surface area contributed by atoms with E-state index in [1.54, 1.807) is 18.2 Å². The van der Waals surface area contributed by atoms with Crippen molar-refractivity contribution in [1.29, 1.82) is 0 Å². The quantitative estimate of drug-likeness (QED) is 0.346. The molecular weight excluding hydrogens is 649 g/mol. The number of carbonyl (C=O) groups is 1. The number of aromatic nitrogens is 2. The van der Waals surface area contributed by atoms with Gasteiger partial charge in [0.2, 0.25) is 0 Å². The average Bonchev–Trinajstić information content (AvgIpc) is 3.57. The number of anilines is 1. The molecule has 1 unspecified atom stereocenters. The number of amides is 1. The topological polar surface area (TPSA) is 120 Å². The van der Waals surface area contributed by atoms with Gasteiger partial charge in [0, 0.05) is 63.9 Å². The molecule has 12 nitrogen and oxygen atoms in total. The highest BCUT2D eigenvalue weighted by atomic mass is 32.2. The third kappa shape index (κ3) is 8.19. The number of nitrogens with one attached hydrogen (secondary N) is 1. The van der Waals surface area contributed by atoms with Crippen molar-refractivity contribution in [2.45, 2.75) is 83.9 Å². The van der Waals surface area contributed by atoms with Gasteiger partial charge in [-0.05, 0) is 103 Å². The molecule has 1 atom stereocenters. The average molecular weight is 702 g/mol. The van der Waals surface area contributed by atoms with Crippen molar-refractivity contribution in [2.75, 3.05) is 64.4 Å². The van der Waals surface area contributed by atoms with Crippen molar-refractivity contribution in [3.8, 4) is 11.5 Å². The molecule has 1 N–H and O–H groups in total. The Bertz CT molecular complexity index is 1560. The zero-order valence-corrected chi connectivity index (χ0v) is 30.1. The molecule has 270 valence electrons. The minimum atomic E-state index is -3.47. The number of hydrogen-bond acceptors (Lipinski definition) is 9. The van der Waals surface area contributed by atoms with Crippen LogP contribution in [0, 0.1) is 17.2 Å². The first-order chi connectivity index (χ1) is 23.5. The molecule has 14 heteroatoms. The highest BCUT2D eigenvalue weighted by Gasteiger charge is 2.46. The number of nitrogens with zero attached hydrogens (tertiary/aromatic N) is 6. The summed E-state index contributed by atoms with van der Waals surface area (Å²) >= 11 is 0. The second kappa shape index (κ2) is 15.1. The van der Waals surface area contributed by atoms with E-state index in [1.807, 2.05) is 20.8 Å². The highest BCUT2D eigenvalue weighted by molar-refractivity contribution is 7.87. The summed E-state index contributed by atoms with van der Waals surface area (Å²) in [4.78, 5) is 28.6. The van der Waals surface area contributed by atoms with E-state index in [9.17, 15) is 17.6 Å². The van der Waals surface area contributed by atoms with E-state index < -0.39 is 16.0 Å². The number of piperidine rings is 1. The summed E-state index contributed by atoms with van der Waals surface area (Å²) in [5, 5.41) is 0. The molecule has 1 spiro atoms. The molecule has 1 aliphatic carbocycles. The number of ether oxygens (including phenoxy) is 2. The third-order valence-electron chi connectivity index (χ3n) is 11.0. The van der Waals surface area contributed by atoms with Crippen LogP contribution in [0.2, 0.25) is 0 Å². The molecule has 4 fully saturated rings. The van der Waals surface area contributed by atoms with Crippen molar-refractivity contribution in [1.82, 2.24) is 28.8 Å². The van der Waals surface area contributed by atoms with E-state index in [-0.39, 0.29) is 40.8 Å². The van der Waals surface area contributed by atoms with Crippen LogP contribution in [0.1, 0.15) is 76.1 Å². The molecule has 1 saturated carbocycles. The molecule has 0 radical (unpaired) electrons. The van der Waals surface area contributed by atoms with Crippen molar-refractivity contribution in [3.63, 3.8) is 0 Å². The van der Waals surface area contributed by atoms with Crippen LogP contribution in [0.15, 0.2) is 30.7 Å². The van der Waals surface area contributed by atoms with Gasteiger partial charge in [-0.15, -0.1) is 0 Å². The summed E-state index contributed by atoms with van der Waals surface area (Å²) in [6, 6.07) is 4.00. The lowest BCUT2D eigenvalue weighted by Gasteiger charge is -2.54. The fourth-order valence-corrected chi connectivity index (χ4v) is 9.57. The molecule has 0 bridgehead atoms. The second-order valence-corrected chi connectivity index (χ2v) is 16.3. The molecule has 49 heavy (non-hydrogen) atoms. The Morgan fingerprint density at radius 1 is 1.10 bits per heavy atom. The van der Waals surface area contributed by atoms with Gasteiger partial charge in [0.15, 0.2) is 11.6 Å². The number of halogens is 1. The molecule has 4 aliphatic rings. The van der Waals surface area contributed by atoms with E-state index >= 15 is 0 Å². The van der Waals surface area contributed by atoms with Gasteiger partial charge in [0.1, 0.15) is 17.9 Å². The minimum Gasteiger partial charge on any atom is -0.451 e. The lowest BCUT2D eigenvalue weighted by molar-refractivity contribution is 0.0617. The Labute approximate surface area is 290 Å². The van der Waals surface area contributed by atoms with Crippen LogP contribution in [0.5, 0.6) is 11.5 Å². The van der Waals surface area contributed by atoms with Gasteiger partial charge in [-0.3, -0.25) is 4.79 Å². The normalized spacial score (nSPS) is 24.7. The standard InChI is InChI=1S/C35H52FN7O5S/c1-5-43(25(2)3)34(44)30-18-27(36)8-11-31(30)48-32-19-37-24-38-33(32)41-22-35(23-41)13-16-40(17-14-35)20-26-6-9-28(10-7-26)39-49(45,46)42-15-12-29(21-42)47-4/h8,11,18-19,24-26,28-29,39H,5-7,9-10,12-17,20-23H2,1-4H3/t26-,28-,29?. The molecule has 2 aromatic rings. The smallest absolute Gasteiger partial charge is 0.279 e. The van der Waals surface area contributed by atoms with E-state index in [0.717, 1.165) is 77.7 Å². The number of likely N-dealkylation sites (tertiary alicyclic amines) is 1. The maximum absolute atomic E-state index is 14.3. The molecule has 3 saturated heterocycles.